The highest BCUT2D eigenvalue weighted by Crippen LogP contribution is 2.34. The Labute approximate surface area is 208 Å². The highest BCUT2D eigenvalue weighted by Gasteiger charge is 2.36. The van der Waals surface area contributed by atoms with Gasteiger partial charge in [0.05, 0.1) is 0 Å². The summed E-state index contributed by atoms with van der Waals surface area (Å²) in [5.41, 5.74) is 2.92. The molecule has 35 heavy (non-hydrogen) atoms. The SMILES string of the molecule is CN(NC(=O)c1cc(N(CC2CC2)C2CCCCC2)ncn1)C(C)(C)C(=O)OCc1ccccc1. The number of hydrogen-bond acceptors (Lipinski definition) is 7. The molecule has 0 unspecified atom stereocenters. The largest absolute Gasteiger partial charge is 0.459 e. The Balaban J connectivity index is 1.40. The zero-order valence-electron chi connectivity index (χ0n) is 21.1. The standard InChI is InChI=1S/C27H37N5O3/c1-27(2,26(34)35-18-21-10-6-4-7-11-21)31(3)30-25(33)23-16-24(29-19-28-23)32(17-20-14-15-20)22-12-8-5-9-13-22/h4,6-7,10-11,16,19-20,22H,5,8-9,12-15,17-18H2,1-3H3,(H,30,33). The van der Waals surface area contributed by atoms with Crippen molar-refractivity contribution in [2.45, 2.75) is 77.0 Å². The molecule has 4 rings (SSSR count). The summed E-state index contributed by atoms with van der Waals surface area (Å²) in [4.78, 5) is 37.0. The Hall–Kier alpha value is -3.00. The number of esters is 1. The van der Waals surface area contributed by atoms with Crippen molar-refractivity contribution in [1.29, 1.82) is 0 Å². The van der Waals surface area contributed by atoms with Crippen LogP contribution in [0.1, 0.15) is 74.8 Å². The molecule has 1 heterocycles. The van der Waals surface area contributed by atoms with Gasteiger partial charge in [-0.1, -0.05) is 49.6 Å². The minimum atomic E-state index is -1.07. The number of nitrogens with zero attached hydrogens (tertiary/aromatic N) is 4. The van der Waals surface area contributed by atoms with Gasteiger partial charge in [0.25, 0.3) is 5.91 Å². The van der Waals surface area contributed by atoms with Crippen LogP contribution in [-0.4, -0.2) is 52.0 Å². The second-order valence-electron chi connectivity index (χ2n) is 10.3. The molecule has 8 nitrogen and oxygen atoms in total. The average Bonchev–Trinajstić information content (AvgIpc) is 3.71. The van der Waals surface area contributed by atoms with E-state index in [1.54, 1.807) is 27.0 Å². The molecule has 2 aromatic rings. The van der Waals surface area contributed by atoms with Crippen molar-refractivity contribution in [2.75, 3.05) is 18.5 Å². The first-order chi connectivity index (χ1) is 16.8. The fourth-order valence-electron chi connectivity index (χ4n) is 4.42. The maximum atomic E-state index is 13.1. The predicted octanol–water partition coefficient (Wildman–Crippen LogP) is 4.12. The minimum Gasteiger partial charge on any atom is -0.459 e. The molecule has 0 saturated heterocycles. The maximum Gasteiger partial charge on any atom is 0.328 e. The van der Waals surface area contributed by atoms with Crippen molar-refractivity contribution < 1.29 is 14.3 Å². The predicted molar refractivity (Wildman–Crippen MR) is 135 cm³/mol. The van der Waals surface area contributed by atoms with E-state index in [0.717, 1.165) is 23.8 Å². The van der Waals surface area contributed by atoms with Gasteiger partial charge in [-0.15, -0.1) is 0 Å². The topological polar surface area (TPSA) is 87.7 Å². The molecule has 1 aromatic heterocycles. The molecule has 0 aliphatic heterocycles. The number of nitrogens with one attached hydrogen (secondary N) is 1. The number of aromatic nitrogens is 2. The van der Waals surface area contributed by atoms with Crippen LogP contribution < -0.4 is 10.3 Å². The molecule has 2 fully saturated rings. The van der Waals surface area contributed by atoms with Gasteiger partial charge >= 0.3 is 5.97 Å². The van der Waals surface area contributed by atoms with Gasteiger partial charge in [-0.25, -0.2) is 19.8 Å². The number of rotatable bonds is 10. The van der Waals surface area contributed by atoms with Gasteiger partial charge in [0.2, 0.25) is 0 Å². The number of hydrazine groups is 1. The molecule has 2 aliphatic carbocycles. The van der Waals surface area contributed by atoms with E-state index in [-0.39, 0.29) is 18.2 Å². The number of likely N-dealkylation sites (N-methyl/N-ethyl adjacent to an activating group) is 1. The van der Waals surface area contributed by atoms with E-state index in [1.807, 2.05) is 30.3 Å². The first kappa shape index (κ1) is 25.1. The number of amides is 1. The van der Waals surface area contributed by atoms with Crippen molar-refractivity contribution in [3.8, 4) is 0 Å². The second-order valence-corrected chi connectivity index (χ2v) is 10.3. The van der Waals surface area contributed by atoms with Gasteiger partial charge in [-0.05, 0) is 51.0 Å². The van der Waals surface area contributed by atoms with Gasteiger partial charge < -0.3 is 9.64 Å². The Morgan fingerprint density at radius 3 is 2.46 bits per heavy atom. The van der Waals surface area contributed by atoms with Crippen LogP contribution in [0.3, 0.4) is 0 Å². The van der Waals surface area contributed by atoms with Crippen LogP contribution in [0.2, 0.25) is 0 Å². The smallest absolute Gasteiger partial charge is 0.328 e. The van der Waals surface area contributed by atoms with E-state index in [4.69, 9.17) is 4.74 Å². The third kappa shape index (κ3) is 6.57. The summed E-state index contributed by atoms with van der Waals surface area (Å²) >= 11 is 0. The lowest BCUT2D eigenvalue weighted by atomic mass is 9.94. The molecular formula is C27H37N5O3. The third-order valence-corrected chi connectivity index (χ3v) is 7.17. The number of hydrogen-bond donors (Lipinski definition) is 1. The van der Waals surface area contributed by atoms with Crippen molar-refractivity contribution in [3.05, 3.63) is 54.0 Å². The number of carbonyl (C=O) groups is 2. The van der Waals surface area contributed by atoms with Crippen LogP contribution in [0.5, 0.6) is 0 Å². The zero-order chi connectivity index (χ0) is 24.8. The first-order valence-corrected chi connectivity index (χ1v) is 12.7. The number of anilines is 1. The quantitative estimate of drug-likeness (QED) is 0.405. The summed E-state index contributed by atoms with van der Waals surface area (Å²) in [6.45, 7) is 4.60. The maximum absolute atomic E-state index is 13.1. The third-order valence-electron chi connectivity index (χ3n) is 7.17. The normalized spacial score (nSPS) is 16.7. The second kappa shape index (κ2) is 11.2. The molecule has 0 radical (unpaired) electrons. The fourth-order valence-corrected chi connectivity index (χ4v) is 4.42. The molecule has 8 heteroatoms. The lowest BCUT2D eigenvalue weighted by molar-refractivity contribution is -0.158. The number of benzene rings is 1. The number of carbonyl (C=O) groups excluding carboxylic acids is 2. The number of ether oxygens (including phenoxy) is 1. The van der Waals surface area contributed by atoms with Crippen molar-refractivity contribution in [2.24, 2.45) is 5.92 Å². The van der Waals surface area contributed by atoms with Crippen LogP contribution in [0.25, 0.3) is 0 Å². The van der Waals surface area contributed by atoms with E-state index < -0.39 is 11.5 Å². The molecule has 0 bridgehead atoms. The van der Waals surface area contributed by atoms with Gasteiger partial charge in [0, 0.05) is 25.7 Å². The summed E-state index contributed by atoms with van der Waals surface area (Å²) in [6.07, 6.45) is 10.1. The summed E-state index contributed by atoms with van der Waals surface area (Å²) in [5.74, 6) is 0.724. The first-order valence-electron chi connectivity index (χ1n) is 12.7. The van der Waals surface area contributed by atoms with E-state index >= 15 is 0 Å². The highest BCUT2D eigenvalue weighted by molar-refractivity contribution is 5.93. The summed E-state index contributed by atoms with van der Waals surface area (Å²) in [6, 6.07) is 11.8. The molecular weight excluding hydrogens is 442 g/mol. The van der Waals surface area contributed by atoms with Crippen LogP contribution in [0, 0.1) is 5.92 Å². The Morgan fingerprint density at radius 2 is 1.77 bits per heavy atom. The van der Waals surface area contributed by atoms with E-state index in [2.05, 4.69) is 20.3 Å². The lowest BCUT2D eigenvalue weighted by Gasteiger charge is -2.35. The summed E-state index contributed by atoms with van der Waals surface area (Å²) < 4.78 is 5.50. The van der Waals surface area contributed by atoms with Crippen LogP contribution in [-0.2, 0) is 16.1 Å². The highest BCUT2D eigenvalue weighted by atomic mass is 16.5. The minimum absolute atomic E-state index is 0.179. The fraction of sp³-hybridized carbons (Fsp3) is 0.556. The molecule has 1 N–H and O–H groups in total. The van der Waals surface area contributed by atoms with Gasteiger partial charge in [0.15, 0.2) is 0 Å². The van der Waals surface area contributed by atoms with Gasteiger partial charge in [-0.2, -0.15) is 0 Å². The molecule has 188 valence electrons. The van der Waals surface area contributed by atoms with E-state index in [1.165, 1.54) is 56.3 Å². The van der Waals surface area contributed by atoms with E-state index in [0.29, 0.717) is 6.04 Å². The molecule has 1 aromatic carbocycles. The van der Waals surface area contributed by atoms with E-state index in [9.17, 15) is 9.59 Å². The molecule has 0 spiro atoms. The molecule has 2 saturated carbocycles. The lowest BCUT2D eigenvalue weighted by Crippen LogP contribution is -2.56. The van der Waals surface area contributed by atoms with Gasteiger partial charge in [-0.3, -0.25) is 10.2 Å². The zero-order valence-corrected chi connectivity index (χ0v) is 21.1. The Morgan fingerprint density at radius 1 is 1.06 bits per heavy atom. The Bertz CT molecular complexity index is 1000. The van der Waals surface area contributed by atoms with Crippen molar-refractivity contribution >= 4 is 17.7 Å². The van der Waals surface area contributed by atoms with Crippen LogP contribution in [0.4, 0.5) is 5.82 Å². The molecule has 1 amide bonds. The Kier molecular flexibility index (Phi) is 8.00. The molecule has 0 atom stereocenters. The summed E-state index contributed by atoms with van der Waals surface area (Å²) in [5, 5.41) is 1.48. The van der Waals surface area contributed by atoms with Crippen molar-refractivity contribution in [1.82, 2.24) is 20.4 Å². The van der Waals surface area contributed by atoms with Crippen LogP contribution in [0.15, 0.2) is 42.7 Å². The summed E-state index contributed by atoms with van der Waals surface area (Å²) in [7, 11) is 1.66. The van der Waals surface area contributed by atoms with Crippen molar-refractivity contribution in [3.63, 3.8) is 0 Å². The van der Waals surface area contributed by atoms with Crippen LogP contribution >= 0.6 is 0 Å². The average molecular weight is 480 g/mol. The van der Waals surface area contributed by atoms with Gasteiger partial charge in [0.1, 0.15) is 30.0 Å². The molecule has 2 aliphatic rings. The monoisotopic (exact) mass is 479 g/mol.